The fraction of sp³-hybridized carbons (Fsp3) is 0.222. The van der Waals surface area contributed by atoms with Gasteiger partial charge in [-0.2, -0.15) is 0 Å². The molecule has 3 rings (SSSR count). The van der Waals surface area contributed by atoms with Crippen LogP contribution in [0.3, 0.4) is 0 Å². The largest absolute Gasteiger partial charge is 0.348 e. The topological polar surface area (TPSA) is 75.3 Å². The Morgan fingerprint density at radius 3 is 1.97 bits per heavy atom. The summed E-state index contributed by atoms with van der Waals surface area (Å²) in [6.07, 6.45) is 3.42. The van der Waals surface area contributed by atoms with Crippen LogP contribution in [0.2, 0.25) is 0 Å². The molecule has 0 bridgehead atoms. The highest BCUT2D eigenvalue weighted by molar-refractivity contribution is 7.94. The van der Waals surface area contributed by atoms with E-state index in [0.717, 1.165) is 11.1 Å². The summed E-state index contributed by atoms with van der Waals surface area (Å²) >= 11 is 0. The Balaban J connectivity index is 1.74. The SMILES string of the molecule is CNC(Cc1ccccc1)C(=O)NC(/C=C/S(=O)(=O)c1ccccc1)CCc1ccccc1. The van der Waals surface area contributed by atoms with Gasteiger partial charge in [-0.1, -0.05) is 84.9 Å². The summed E-state index contributed by atoms with van der Waals surface area (Å²) in [5.74, 6) is -0.166. The number of carbonyl (C=O) groups is 1. The molecule has 0 saturated heterocycles. The number of carbonyl (C=O) groups excluding carboxylic acids is 1. The first-order chi connectivity index (χ1) is 16.0. The first-order valence-electron chi connectivity index (χ1n) is 11.0. The predicted molar refractivity (Wildman–Crippen MR) is 132 cm³/mol. The third-order valence-corrected chi connectivity index (χ3v) is 6.87. The van der Waals surface area contributed by atoms with E-state index in [1.807, 2.05) is 60.7 Å². The molecule has 3 aromatic rings. The van der Waals surface area contributed by atoms with Crippen LogP contribution in [0.1, 0.15) is 17.5 Å². The lowest BCUT2D eigenvalue weighted by Crippen LogP contribution is -2.47. The van der Waals surface area contributed by atoms with Crippen LogP contribution in [0.4, 0.5) is 0 Å². The maximum atomic E-state index is 13.0. The van der Waals surface area contributed by atoms with Gasteiger partial charge < -0.3 is 10.6 Å². The van der Waals surface area contributed by atoms with Crippen LogP contribution in [0.25, 0.3) is 0 Å². The van der Waals surface area contributed by atoms with Crippen molar-refractivity contribution in [1.29, 1.82) is 0 Å². The van der Waals surface area contributed by atoms with Crippen molar-refractivity contribution in [1.82, 2.24) is 10.6 Å². The van der Waals surface area contributed by atoms with Crippen molar-refractivity contribution in [3.05, 3.63) is 114 Å². The van der Waals surface area contributed by atoms with Crippen LogP contribution in [-0.4, -0.2) is 33.5 Å². The van der Waals surface area contributed by atoms with Gasteiger partial charge in [0, 0.05) is 11.4 Å². The molecule has 0 radical (unpaired) electrons. The predicted octanol–water partition coefficient (Wildman–Crippen LogP) is 3.92. The van der Waals surface area contributed by atoms with Crippen molar-refractivity contribution >= 4 is 15.7 Å². The minimum atomic E-state index is -3.60. The van der Waals surface area contributed by atoms with Crippen molar-refractivity contribution in [2.75, 3.05) is 7.05 Å². The minimum Gasteiger partial charge on any atom is -0.348 e. The number of sulfone groups is 1. The van der Waals surface area contributed by atoms with Crippen LogP contribution in [0.5, 0.6) is 0 Å². The average molecular weight is 463 g/mol. The summed E-state index contributed by atoms with van der Waals surface area (Å²) in [5, 5.41) is 7.30. The van der Waals surface area contributed by atoms with Gasteiger partial charge in [0.15, 0.2) is 9.84 Å². The van der Waals surface area contributed by atoms with E-state index in [0.29, 0.717) is 19.3 Å². The van der Waals surface area contributed by atoms with Gasteiger partial charge in [-0.05, 0) is 49.6 Å². The summed E-state index contributed by atoms with van der Waals surface area (Å²) in [6, 6.07) is 27.2. The van der Waals surface area contributed by atoms with E-state index in [4.69, 9.17) is 0 Å². The van der Waals surface area contributed by atoms with Gasteiger partial charge >= 0.3 is 0 Å². The van der Waals surface area contributed by atoms with E-state index >= 15 is 0 Å². The number of benzene rings is 3. The molecule has 0 heterocycles. The van der Waals surface area contributed by atoms with E-state index in [1.54, 1.807) is 43.5 Å². The molecule has 172 valence electrons. The second kappa shape index (κ2) is 12.1. The number of aryl methyl sites for hydroxylation is 1. The van der Waals surface area contributed by atoms with Gasteiger partial charge in [0.1, 0.15) is 0 Å². The molecule has 33 heavy (non-hydrogen) atoms. The fourth-order valence-corrected chi connectivity index (χ4v) is 4.62. The van der Waals surface area contributed by atoms with E-state index in [-0.39, 0.29) is 10.8 Å². The number of amides is 1. The number of hydrogen-bond acceptors (Lipinski definition) is 4. The molecular formula is C27H30N2O3S. The lowest BCUT2D eigenvalue weighted by Gasteiger charge is -2.21. The highest BCUT2D eigenvalue weighted by Gasteiger charge is 2.20. The molecule has 3 aromatic carbocycles. The molecule has 0 fully saturated rings. The smallest absolute Gasteiger partial charge is 0.237 e. The zero-order chi connectivity index (χ0) is 23.5. The van der Waals surface area contributed by atoms with Gasteiger partial charge in [-0.25, -0.2) is 8.42 Å². The minimum absolute atomic E-state index is 0.166. The van der Waals surface area contributed by atoms with Gasteiger partial charge in [0.2, 0.25) is 5.91 Å². The normalized spacial score (nSPS) is 13.5. The molecule has 5 nitrogen and oxygen atoms in total. The lowest BCUT2D eigenvalue weighted by atomic mass is 10.0. The number of hydrogen-bond donors (Lipinski definition) is 2. The third kappa shape index (κ3) is 7.70. The van der Waals surface area contributed by atoms with Crippen molar-refractivity contribution in [3.63, 3.8) is 0 Å². The van der Waals surface area contributed by atoms with Crippen LogP contribution in [-0.2, 0) is 27.5 Å². The molecule has 0 aromatic heterocycles. The number of rotatable bonds is 11. The Hall–Kier alpha value is -3.22. The maximum absolute atomic E-state index is 13.0. The molecule has 1 amide bonds. The second-order valence-corrected chi connectivity index (χ2v) is 9.69. The zero-order valence-corrected chi connectivity index (χ0v) is 19.5. The standard InChI is InChI=1S/C27H30N2O3S/c1-28-26(21-23-13-7-3-8-14-23)27(30)29-24(18-17-22-11-5-2-6-12-22)19-20-33(31,32)25-15-9-4-10-16-25/h2-16,19-20,24,26,28H,17-18,21H2,1H3,(H,29,30)/b20-19+. The van der Waals surface area contributed by atoms with Crippen molar-refractivity contribution < 1.29 is 13.2 Å². The first kappa shape index (κ1) is 24.4. The lowest BCUT2D eigenvalue weighted by molar-refractivity contribution is -0.123. The third-order valence-electron chi connectivity index (χ3n) is 5.42. The Labute approximate surface area is 196 Å². The Kier molecular flexibility index (Phi) is 8.98. The molecule has 6 heteroatoms. The summed E-state index contributed by atoms with van der Waals surface area (Å²) in [6.45, 7) is 0. The van der Waals surface area contributed by atoms with Gasteiger partial charge in [0.25, 0.3) is 0 Å². The van der Waals surface area contributed by atoms with Gasteiger partial charge in [-0.3, -0.25) is 4.79 Å². The second-order valence-electron chi connectivity index (χ2n) is 7.86. The Bertz CT molecular complexity index is 1130. The Morgan fingerprint density at radius 2 is 1.39 bits per heavy atom. The van der Waals surface area contributed by atoms with E-state index in [2.05, 4.69) is 10.6 Å². The molecule has 0 spiro atoms. The highest BCUT2D eigenvalue weighted by Crippen LogP contribution is 2.13. The molecule has 2 atom stereocenters. The van der Waals surface area contributed by atoms with Crippen LogP contribution < -0.4 is 10.6 Å². The van der Waals surface area contributed by atoms with Crippen molar-refractivity contribution in [2.24, 2.45) is 0 Å². The summed E-state index contributed by atoms with van der Waals surface area (Å²) in [5.41, 5.74) is 2.18. The summed E-state index contributed by atoms with van der Waals surface area (Å²) in [7, 11) is -1.84. The summed E-state index contributed by atoms with van der Waals surface area (Å²) < 4.78 is 25.4. The zero-order valence-electron chi connectivity index (χ0n) is 18.7. The molecule has 0 aliphatic carbocycles. The fourth-order valence-electron chi connectivity index (χ4n) is 3.53. The van der Waals surface area contributed by atoms with Crippen LogP contribution in [0, 0.1) is 0 Å². The monoisotopic (exact) mass is 462 g/mol. The molecule has 0 saturated carbocycles. The van der Waals surface area contributed by atoms with Crippen molar-refractivity contribution in [3.8, 4) is 0 Å². The number of nitrogens with one attached hydrogen (secondary N) is 2. The van der Waals surface area contributed by atoms with Crippen molar-refractivity contribution in [2.45, 2.75) is 36.2 Å². The highest BCUT2D eigenvalue weighted by atomic mass is 32.2. The number of likely N-dealkylation sites (N-methyl/N-ethyl adjacent to an activating group) is 1. The average Bonchev–Trinajstić information content (AvgIpc) is 2.86. The molecular weight excluding hydrogens is 432 g/mol. The van der Waals surface area contributed by atoms with E-state index < -0.39 is 21.9 Å². The quantitative estimate of drug-likeness (QED) is 0.453. The first-order valence-corrected chi connectivity index (χ1v) is 12.6. The summed E-state index contributed by atoms with van der Waals surface area (Å²) in [4.78, 5) is 13.3. The molecule has 0 aliphatic heterocycles. The van der Waals surface area contributed by atoms with Crippen LogP contribution in [0.15, 0.2) is 107 Å². The van der Waals surface area contributed by atoms with Gasteiger partial charge in [0.05, 0.1) is 10.9 Å². The maximum Gasteiger partial charge on any atom is 0.237 e. The van der Waals surface area contributed by atoms with Crippen LogP contribution >= 0.6 is 0 Å². The molecule has 2 N–H and O–H groups in total. The van der Waals surface area contributed by atoms with E-state index in [1.165, 1.54) is 5.41 Å². The van der Waals surface area contributed by atoms with E-state index in [9.17, 15) is 13.2 Å². The molecule has 0 aliphatic rings. The molecule has 2 unspecified atom stereocenters. The Morgan fingerprint density at radius 1 is 0.848 bits per heavy atom. The van der Waals surface area contributed by atoms with Gasteiger partial charge in [-0.15, -0.1) is 0 Å².